The summed E-state index contributed by atoms with van der Waals surface area (Å²) in [6.07, 6.45) is 7.06. The summed E-state index contributed by atoms with van der Waals surface area (Å²) in [6.45, 7) is 2.35. The Kier molecular flexibility index (Phi) is 2.59. The lowest BCUT2D eigenvalue weighted by Crippen LogP contribution is -2.59. The third-order valence-electron chi connectivity index (χ3n) is 5.13. The van der Waals surface area contributed by atoms with Crippen LogP contribution in [0.2, 0.25) is 0 Å². The first-order valence-corrected chi connectivity index (χ1v) is 7.18. The van der Waals surface area contributed by atoms with E-state index in [4.69, 9.17) is 18.0 Å². The fourth-order valence-electron chi connectivity index (χ4n) is 5.24. The van der Waals surface area contributed by atoms with Gasteiger partial charge in [-0.25, -0.2) is 0 Å². The van der Waals surface area contributed by atoms with E-state index in [1.54, 1.807) is 0 Å². The molecule has 0 saturated heterocycles. The maximum Gasteiger partial charge on any atom is 0.244 e. The van der Waals surface area contributed by atoms with Gasteiger partial charge in [0.25, 0.3) is 0 Å². The summed E-state index contributed by atoms with van der Waals surface area (Å²) >= 11 is 4.73. The Morgan fingerprint density at radius 3 is 2.33 bits per heavy atom. The molecule has 0 heterocycles. The van der Waals surface area contributed by atoms with E-state index < -0.39 is 0 Å². The third-order valence-corrected chi connectivity index (χ3v) is 5.24. The van der Waals surface area contributed by atoms with E-state index >= 15 is 0 Å². The molecule has 0 aromatic heterocycles. The summed E-state index contributed by atoms with van der Waals surface area (Å²) in [5.74, 6) is 1.58. The fourth-order valence-corrected chi connectivity index (χ4v) is 5.29. The fraction of sp³-hybridized carbons (Fsp3) is 0.846. The zero-order chi connectivity index (χ0) is 13.0. The van der Waals surface area contributed by atoms with Gasteiger partial charge in [-0.3, -0.25) is 15.6 Å². The van der Waals surface area contributed by atoms with Crippen molar-refractivity contribution < 1.29 is 4.79 Å². The average Bonchev–Trinajstić information content (AvgIpc) is 2.22. The summed E-state index contributed by atoms with van der Waals surface area (Å²) in [7, 11) is 0. The van der Waals surface area contributed by atoms with Crippen LogP contribution < -0.4 is 16.6 Å². The smallest absolute Gasteiger partial charge is 0.244 e. The Labute approximate surface area is 113 Å². The highest BCUT2D eigenvalue weighted by atomic mass is 32.1. The molecule has 1 amide bonds. The molecule has 4 aliphatic rings. The summed E-state index contributed by atoms with van der Waals surface area (Å²) < 4.78 is 0. The van der Waals surface area contributed by atoms with Gasteiger partial charge in [0.05, 0.1) is 5.41 Å². The van der Waals surface area contributed by atoms with Crippen molar-refractivity contribution in [2.75, 3.05) is 0 Å². The second kappa shape index (κ2) is 3.83. The molecular weight excluding hydrogens is 246 g/mol. The minimum atomic E-state index is -0.170. The predicted molar refractivity (Wildman–Crippen MR) is 73.3 cm³/mol. The maximum atomic E-state index is 12.5. The minimum absolute atomic E-state index is 0.0932. The zero-order valence-corrected chi connectivity index (χ0v) is 11.6. The van der Waals surface area contributed by atoms with Crippen molar-refractivity contribution in [2.24, 2.45) is 28.4 Å². The van der Waals surface area contributed by atoms with Crippen molar-refractivity contribution >= 4 is 23.2 Å². The van der Waals surface area contributed by atoms with Gasteiger partial charge in [-0.05, 0) is 68.0 Å². The van der Waals surface area contributed by atoms with Crippen molar-refractivity contribution in [2.45, 2.75) is 45.4 Å². The largest absolute Gasteiger partial charge is 0.375 e. The number of rotatable bonds is 1. The highest BCUT2D eigenvalue weighted by Crippen LogP contribution is 2.65. The number of carbonyl (C=O) groups excluding carboxylic acids is 1. The average molecular weight is 267 g/mol. The van der Waals surface area contributed by atoms with Gasteiger partial charge in [-0.2, -0.15) is 0 Å². The van der Waals surface area contributed by atoms with E-state index in [9.17, 15) is 4.79 Å². The first-order chi connectivity index (χ1) is 8.41. The molecule has 0 aromatic carbocycles. The molecule has 2 atom stereocenters. The van der Waals surface area contributed by atoms with Gasteiger partial charge in [-0.15, -0.1) is 0 Å². The van der Waals surface area contributed by atoms with Gasteiger partial charge in [0, 0.05) is 0 Å². The quantitative estimate of drug-likeness (QED) is 0.497. The molecule has 0 spiro atoms. The van der Waals surface area contributed by atoms with Crippen molar-refractivity contribution in [1.29, 1.82) is 0 Å². The monoisotopic (exact) mass is 267 g/mol. The highest BCUT2D eigenvalue weighted by Gasteiger charge is 2.58. The van der Waals surface area contributed by atoms with Crippen molar-refractivity contribution in [1.82, 2.24) is 10.9 Å². The number of hydrazine groups is 1. The summed E-state index contributed by atoms with van der Waals surface area (Å²) in [4.78, 5) is 12.5. The van der Waals surface area contributed by atoms with E-state index in [1.807, 2.05) is 0 Å². The molecule has 4 rings (SSSR count). The molecule has 4 nitrogen and oxygen atoms in total. The molecular formula is C13H21N3OS. The van der Waals surface area contributed by atoms with Crippen LogP contribution in [-0.2, 0) is 4.79 Å². The number of hydrogen-bond donors (Lipinski definition) is 3. The van der Waals surface area contributed by atoms with Gasteiger partial charge in [-0.1, -0.05) is 6.92 Å². The lowest BCUT2D eigenvalue weighted by atomic mass is 9.44. The molecule has 4 saturated carbocycles. The molecule has 0 radical (unpaired) electrons. The predicted octanol–water partition coefficient (Wildman–Crippen LogP) is 1.46. The van der Waals surface area contributed by atoms with Crippen molar-refractivity contribution in [3.05, 3.63) is 0 Å². The lowest BCUT2D eigenvalue weighted by molar-refractivity contribution is -0.155. The molecule has 4 bridgehead atoms. The van der Waals surface area contributed by atoms with E-state index in [0.29, 0.717) is 5.41 Å². The van der Waals surface area contributed by atoms with Gasteiger partial charge in [0.1, 0.15) is 0 Å². The number of carbonyl (C=O) groups is 1. The Bertz CT molecular complexity index is 395. The second-order valence-corrected chi connectivity index (χ2v) is 7.44. The Hall–Kier alpha value is -0.840. The molecule has 18 heavy (non-hydrogen) atoms. The van der Waals surface area contributed by atoms with Gasteiger partial charge in [0.15, 0.2) is 5.11 Å². The number of hydrogen-bond acceptors (Lipinski definition) is 2. The minimum Gasteiger partial charge on any atom is -0.375 e. The van der Waals surface area contributed by atoms with Crippen LogP contribution in [0, 0.1) is 22.7 Å². The maximum absolute atomic E-state index is 12.5. The number of nitrogens with two attached hydrogens (primary N) is 1. The van der Waals surface area contributed by atoms with Crippen LogP contribution >= 0.6 is 12.2 Å². The summed E-state index contributed by atoms with van der Waals surface area (Å²) in [5.41, 5.74) is 10.9. The van der Waals surface area contributed by atoms with E-state index in [2.05, 4.69) is 17.8 Å². The first-order valence-electron chi connectivity index (χ1n) is 6.77. The molecule has 0 aromatic rings. The van der Waals surface area contributed by atoms with Crippen LogP contribution in [0.15, 0.2) is 0 Å². The van der Waals surface area contributed by atoms with Crippen molar-refractivity contribution in [3.63, 3.8) is 0 Å². The standard InChI is InChI=1S/C13H21N3OS/c1-12-3-8-2-9(4-12)6-13(5-8,7-12)10(17)15-16-11(14)18/h8-9H,2-7H2,1H3,(H,15,17)(H3,14,16,18). The van der Waals surface area contributed by atoms with Gasteiger partial charge in [0.2, 0.25) is 5.91 Å². The first kappa shape index (κ1) is 12.2. The molecule has 4 N–H and O–H groups in total. The van der Waals surface area contributed by atoms with Crippen LogP contribution in [0.1, 0.15) is 45.4 Å². The van der Waals surface area contributed by atoms with Crippen LogP contribution in [0.4, 0.5) is 0 Å². The number of amides is 1. The second-order valence-electron chi connectivity index (χ2n) is 7.00. The SMILES string of the molecule is CC12CC3CC(C1)CC(C(=O)NNC(N)=S)(C3)C2. The molecule has 4 aliphatic carbocycles. The van der Waals surface area contributed by atoms with E-state index in [1.165, 1.54) is 19.3 Å². The van der Waals surface area contributed by atoms with Crippen LogP contribution in [0.3, 0.4) is 0 Å². The molecule has 0 aliphatic heterocycles. The molecule has 100 valence electrons. The third kappa shape index (κ3) is 1.88. The molecule has 5 heteroatoms. The van der Waals surface area contributed by atoms with Crippen LogP contribution in [0.5, 0.6) is 0 Å². The van der Waals surface area contributed by atoms with Gasteiger partial charge < -0.3 is 5.73 Å². The van der Waals surface area contributed by atoms with E-state index in [-0.39, 0.29) is 16.4 Å². The van der Waals surface area contributed by atoms with Gasteiger partial charge >= 0.3 is 0 Å². The highest BCUT2D eigenvalue weighted by molar-refractivity contribution is 7.80. The summed E-state index contributed by atoms with van der Waals surface area (Å²) in [5, 5.41) is 0.124. The zero-order valence-electron chi connectivity index (χ0n) is 10.8. The Morgan fingerprint density at radius 1 is 1.22 bits per heavy atom. The van der Waals surface area contributed by atoms with Crippen molar-refractivity contribution in [3.8, 4) is 0 Å². The number of nitrogens with one attached hydrogen (secondary N) is 2. The normalized spacial score (nSPS) is 44.7. The lowest BCUT2D eigenvalue weighted by Gasteiger charge is -2.60. The van der Waals surface area contributed by atoms with Crippen LogP contribution in [0.25, 0.3) is 0 Å². The Balaban J connectivity index is 1.78. The number of thiocarbonyl (C=S) groups is 1. The summed E-state index contributed by atoms with van der Waals surface area (Å²) in [6, 6.07) is 0. The molecule has 2 unspecified atom stereocenters. The topological polar surface area (TPSA) is 67.2 Å². The molecule has 4 fully saturated rings. The Morgan fingerprint density at radius 2 is 1.83 bits per heavy atom. The van der Waals surface area contributed by atoms with E-state index in [0.717, 1.165) is 31.1 Å². The van der Waals surface area contributed by atoms with Crippen LogP contribution in [-0.4, -0.2) is 11.0 Å².